The van der Waals surface area contributed by atoms with Crippen molar-refractivity contribution in [3.8, 4) is 11.3 Å². The Morgan fingerprint density at radius 1 is 1.19 bits per heavy atom. The molecule has 0 radical (unpaired) electrons. The maximum Gasteiger partial charge on any atom is 0.270 e. The van der Waals surface area contributed by atoms with Crippen molar-refractivity contribution in [2.45, 2.75) is 53.5 Å². The van der Waals surface area contributed by atoms with Crippen LogP contribution in [0.4, 0.5) is 0 Å². The lowest BCUT2D eigenvalue weighted by Gasteiger charge is -2.18. The van der Waals surface area contributed by atoms with Crippen LogP contribution in [0.3, 0.4) is 0 Å². The predicted octanol–water partition coefficient (Wildman–Crippen LogP) is 4.11. The van der Waals surface area contributed by atoms with Gasteiger partial charge in [-0.1, -0.05) is 58.9 Å². The zero-order valence-corrected chi connectivity index (χ0v) is 13.9. The Balaban J connectivity index is 2.71. The zero-order valence-electron chi connectivity index (χ0n) is 13.9. The van der Waals surface area contributed by atoms with Crippen LogP contribution in [0.1, 0.15) is 45.7 Å². The molecule has 3 nitrogen and oxygen atoms in total. The average Bonchev–Trinajstić information content (AvgIpc) is 2.66. The van der Waals surface area contributed by atoms with Crippen molar-refractivity contribution in [1.82, 2.24) is 9.78 Å². The molecule has 2 rings (SSSR count). The third-order valence-electron chi connectivity index (χ3n) is 3.67. The summed E-state index contributed by atoms with van der Waals surface area (Å²) in [6.45, 7) is 13.3. The van der Waals surface area contributed by atoms with Crippen molar-refractivity contribution in [3.63, 3.8) is 0 Å². The first-order chi connectivity index (χ1) is 9.71. The number of aromatic nitrogens is 2. The van der Waals surface area contributed by atoms with E-state index in [2.05, 4.69) is 58.8 Å². The maximum absolute atomic E-state index is 12.8. The van der Waals surface area contributed by atoms with Gasteiger partial charge in [-0.25, -0.2) is 0 Å². The normalized spacial score (nSPS) is 12.1. The number of nitrogens with one attached hydrogen (secondary N) is 1. The van der Waals surface area contributed by atoms with Crippen LogP contribution in [0.15, 0.2) is 29.1 Å². The highest BCUT2D eigenvalue weighted by Gasteiger charge is 2.27. The Bertz CT molecular complexity index is 684. The summed E-state index contributed by atoms with van der Waals surface area (Å²) < 4.78 is 1.76. The van der Waals surface area contributed by atoms with Gasteiger partial charge in [-0.15, -0.1) is 0 Å². The van der Waals surface area contributed by atoms with E-state index in [9.17, 15) is 4.79 Å². The van der Waals surface area contributed by atoms with Crippen molar-refractivity contribution in [3.05, 3.63) is 45.7 Å². The standard InChI is InChI=1S/C18H26N2O/c1-12(2)11-20-17(21)15(18(4,5)6)16(19-20)14-10-8-7-9-13(14)3/h7-10,12,19H,11H2,1-6H3. The van der Waals surface area contributed by atoms with Crippen LogP contribution in [-0.4, -0.2) is 9.78 Å². The number of rotatable bonds is 3. The van der Waals surface area contributed by atoms with Gasteiger partial charge in [0.2, 0.25) is 0 Å². The maximum atomic E-state index is 12.8. The van der Waals surface area contributed by atoms with Gasteiger partial charge in [0.1, 0.15) is 0 Å². The second-order valence-corrected chi connectivity index (χ2v) is 7.24. The number of hydrogen-bond donors (Lipinski definition) is 1. The first-order valence-corrected chi connectivity index (χ1v) is 7.61. The summed E-state index contributed by atoms with van der Waals surface area (Å²) in [5.41, 5.74) is 4.05. The Morgan fingerprint density at radius 3 is 2.33 bits per heavy atom. The fourth-order valence-corrected chi connectivity index (χ4v) is 2.72. The van der Waals surface area contributed by atoms with Crippen molar-refractivity contribution in [1.29, 1.82) is 0 Å². The van der Waals surface area contributed by atoms with E-state index in [-0.39, 0.29) is 11.0 Å². The topological polar surface area (TPSA) is 37.8 Å². The molecule has 21 heavy (non-hydrogen) atoms. The molecule has 2 aromatic rings. The van der Waals surface area contributed by atoms with Crippen LogP contribution in [0.25, 0.3) is 11.3 Å². The van der Waals surface area contributed by atoms with Crippen LogP contribution in [0.2, 0.25) is 0 Å². The van der Waals surface area contributed by atoms with Gasteiger partial charge < -0.3 is 0 Å². The Morgan fingerprint density at radius 2 is 1.81 bits per heavy atom. The molecule has 0 aliphatic carbocycles. The number of aryl methyl sites for hydroxylation is 1. The second-order valence-electron chi connectivity index (χ2n) is 7.24. The van der Waals surface area contributed by atoms with Gasteiger partial charge in [-0.05, 0) is 23.8 Å². The van der Waals surface area contributed by atoms with Crippen molar-refractivity contribution in [2.75, 3.05) is 0 Å². The third-order valence-corrected chi connectivity index (χ3v) is 3.67. The minimum Gasteiger partial charge on any atom is -0.295 e. The summed E-state index contributed by atoms with van der Waals surface area (Å²) in [6.07, 6.45) is 0. The molecule has 0 bridgehead atoms. The van der Waals surface area contributed by atoms with E-state index in [0.29, 0.717) is 12.5 Å². The molecule has 1 aromatic heterocycles. The molecule has 0 amide bonds. The Kier molecular flexibility index (Phi) is 4.13. The minimum atomic E-state index is -0.187. The molecule has 0 fully saturated rings. The minimum absolute atomic E-state index is 0.106. The number of H-pyrrole nitrogens is 1. The Labute approximate surface area is 127 Å². The summed E-state index contributed by atoms with van der Waals surface area (Å²) in [4.78, 5) is 12.8. The summed E-state index contributed by atoms with van der Waals surface area (Å²) in [6, 6.07) is 8.21. The van der Waals surface area contributed by atoms with E-state index in [1.165, 1.54) is 5.56 Å². The van der Waals surface area contributed by atoms with Gasteiger partial charge in [0.25, 0.3) is 5.56 Å². The molecule has 0 aliphatic rings. The van der Waals surface area contributed by atoms with Gasteiger partial charge in [-0.3, -0.25) is 14.6 Å². The summed E-state index contributed by atoms with van der Waals surface area (Å²) in [7, 11) is 0. The summed E-state index contributed by atoms with van der Waals surface area (Å²) >= 11 is 0. The van der Waals surface area contributed by atoms with Crippen LogP contribution in [-0.2, 0) is 12.0 Å². The van der Waals surface area contributed by atoms with E-state index in [0.717, 1.165) is 16.8 Å². The smallest absolute Gasteiger partial charge is 0.270 e. The van der Waals surface area contributed by atoms with Gasteiger partial charge in [0.05, 0.1) is 5.69 Å². The van der Waals surface area contributed by atoms with Gasteiger partial charge >= 0.3 is 0 Å². The fourth-order valence-electron chi connectivity index (χ4n) is 2.72. The predicted molar refractivity (Wildman–Crippen MR) is 88.8 cm³/mol. The monoisotopic (exact) mass is 286 g/mol. The molecular formula is C18H26N2O. The highest BCUT2D eigenvalue weighted by Crippen LogP contribution is 2.31. The van der Waals surface area contributed by atoms with Crippen LogP contribution < -0.4 is 5.56 Å². The zero-order chi connectivity index (χ0) is 15.8. The third kappa shape index (κ3) is 3.12. The SMILES string of the molecule is Cc1ccccc1-c1[nH]n(CC(C)C)c(=O)c1C(C)(C)C. The molecule has 0 atom stereocenters. The molecule has 0 saturated carbocycles. The number of nitrogens with zero attached hydrogens (tertiary/aromatic N) is 1. The van der Waals surface area contributed by atoms with Gasteiger partial charge in [0.15, 0.2) is 0 Å². The molecule has 0 spiro atoms. The van der Waals surface area contributed by atoms with Crippen molar-refractivity contribution in [2.24, 2.45) is 5.92 Å². The fraction of sp³-hybridized carbons (Fsp3) is 0.500. The molecule has 0 saturated heterocycles. The van der Waals surface area contributed by atoms with Gasteiger partial charge in [0, 0.05) is 17.7 Å². The molecule has 1 aromatic carbocycles. The number of hydrogen-bond acceptors (Lipinski definition) is 1. The lowest BCUT2D eigenvalue weighted by atomic mass is 9.85. The number of aromatic amines is 1. The molecule has 1 heterocycles. The van der Waals surface area contributed by atoms with Gasteiger partial charge in [-0.2, -0.15) is 0 Å². The largest absolute Gasteiger partial charge is 0.295 e. The van der Waals surface area contributed by atoms with E-state index in [4.69, 9.17) is 0 Å². The lowest BCUT2D eigenvalue weighted by Crippen LogP contribution is -2.27. The molecule has 0 unspecified atom stereocenters. The molecule has 3 heteroatoms. The van der Waals surface area contributed by atoms with E-state index < -0.39 is 0 Å². The lowest BCUT2D eigenvalue weighted by molar-refractivity contribution is 0.470. The highest BCUT2D eigenvalue weighted by molar-refractivity contribution is 5.67. The second kappa shape index (κ2) is 5.55. The highest BCUT2D eigenvalue weighted by atomic mass is 16.1. The van der Waals surface area contributed by atoms with Crippen LogP contribution >= 0.6 is 0 Å². The molecular weight excluding hydrogens is 260 g/mol. The quantitative estimate of drug-likeness (QED) is 0.906. The first kappa shape index (κ1) is 15.6. The van der Waals surface area contributed by atoms with E-state index in [1.807, 2.05) is 12.1 Å². The first-order valence-electron chi connectivity index (χ1n) is 7.61. The van der Waals surface area contributed by atoms with E-state index in [1.54, 1.807) is 4.68 Å². The average molecular weight is 286 g/mol. The number of benzene rings is 1. The van der Waals surface area contributed by atoms with E-state index >= 15 is 0 Å². The van der Waals surface area contributed by atoms with Crippen molar-refractivity contribution < 1.29 is 0 Å². The Hall–Kier alpha value is -1.77. The van der Waals surface area contributed by atoms with Crippen LogP contribution in [0, 0.1) is 12.8 Å². The summed E-state index contributed by atoms with van der Waals surface area (Å²) in [5, 5.41) is 3.35. The summed E-state index contributed by atoms with van der Waals surface area (Å²) in [5.74, 6) is 0.430. The molecule has 0 aliphatic heterocycles. The molecule has 114 valence electrons. The molecule has 1 N–H and O–H groups in total. The van der Waals surface area contributed by atoms with Crippen LogP contribution in [0.5, 0.6) is 0 Å². The van der Waals surface area contributed by atoms with Crippen molar-refractivity contribution >= 4 is 0 Å².